The molecule has 0 aromatic carbocycles. The minimum absolute atomic E-state index is 0.260. The number of hydrogen-bond acceptors (Lipinski definition) is 2. The first kappa shape index (κ1) is 15.8. The molecule has 0 unspecified atom stereocenters. The highest BCUT2D eigenvalue weighted by atomic mass is 19.4. The number of rotatable bonds is 5. The molecule has 1 aliphatic carbocycles. The number of hydrogen-bond donors (Lipinski definition) is 1. The second-order valence-electron chi connectivity index (χ2n) is 5.80. The maximum atomic E-state index is 12.3. The van der Waals surface area contributed by atoms with Gasteiger partial charge in [-0.05, 0) is 31.6 Å². The van der Waals surface area contributed by atoms with Crippen LogP contribution in [0.25, 0.3) is 0 Å². The van der Waals surface area contributed by atoms with Crippen molar-refractivity contribution in [3.8, 4) is 0 Å². The third kappa shape index (κ3) is 5.57. The fourth-order valence-electron chi connectivity index (χ4n) is 2.29. The van der Waals surface area contributed by atoms with Gasteiger partial charge in [0, 0.05) is 12.6 Å². The van der Waals surface area contributed by atoms with Crippen LogP contribution in [0.5, 0.6) is 0 Å². The molecule has 0 aliphatic heterocycles. The van der Waals surface area contributed by atoms with Gasteiger partial charge in [0.05, 0.1) is 5.60 Å². The van der Waals surface area contributed by atoms with E-state index >= 15 is 0 Å². The summed E-state index contributed by atoms with van der Waals surface area (Å²) in [6.45, 7) is 5.49. The van der Waals surface area contributed by atoms with E-state index < -0.39 is 18.4 Å². The highest BCUT2D eigenvalue weighted by Gasteiger charge is 2.39. The first-order valence-corrected chi connectivity index (χ1v) is 6.66. The van der Waals surface area contributed by atoms with Crippen molar-refractivity contribution in [2.24, 2.45) is 5.92 Å². The summed E-state index contributed by atoms with van der Waals surface area (Å²) in [7, 11) is 0. The van der Waals surface area contributed by atoms with E-state index in [1.807, 2.05) is 13.8 Å². The van der Waals surface area contributed by atoms with Crippen LogP contribution in [0.3, 0.4) is 0 Å². The van der Waals surface area contributed by atoms with Gasteiger partial charge >= 0.3 is 6.18 Å². The van der Waals surface area contributed by atoms with Crippen molar-refractivity contribution in [1.82, 2.24) is 5.32 Å². The Morgan fingerprint density at radius 3 is 2.28 bits per heavy atom. The number of ether oxygens (including phenoxy) is 1. The van der Waals surface area contributed by atoms with Crippen molar-refractivity contribution in [3.05, 3.63) is 0 Å². The Morgan fingerprint density at radius 1 is 1.28 bits per heavy atom. The van der Waals surface area contributed by atoms with Crippen LogP contribution < -0.4 is 5.32 Å². The van der Waals surface area contributed by atoms with Crippen LogP contribution >= 0.6 is 0 Å². The van der Waals surface area contributed by atoms with Gasteiger partial charge in [-0.15, -0.1) is 0 Å². The molecule has 1 N–H and O–H groups in total. The number of alkyl halides is 3. The first-order valence-electron chi connectivity index (χ1n) is 6.66. The van der Waals surface area contributed by atoms with Gasteiger partial charge < -0.3 is 10.1 Å². The third-order valence-electron chi connectivity index (χ3n) is 3.56. The number of nitrogens with one attached hydrogen (secondary N) is 1. The van der Waals surface area contributed by atoms with E-state index in [1.165, 1.54) is 0 Å². The van der Waals surface area contributed by atoms with Gasteiger partial charge in [-0.2, -0.15) is 13.2 Å². The van der Waals surface area contributed by atoms with Crippen LogP contribution in [0.15, 0.2) is 0 Å². The quantitative estimate of drug-likeness (QED) is 0.823. The molecular weight excluding hydrogens is 243 g/mol. The Bertz CT molecular complexity index is 245. The van der Waals surface area contributed by atoms with Crippen molar-refractivity contribution >= 4 is 0 Å². The smallest absolute Gasteiger partial charge is 0.364 e. The maximum Gasteiger partial charge on any atom is 0.411 e. The number of halogens is 3. The van der Waals surface area contributed by atoms with Crippen molar-refractivity contribution in [3.63, 3.8) is 0 Å². The van der Waals surface area contributed by atoms with Gasteiger partial charge in [-0.25, -0.2) is 0 Å². The van der Waals surface area contributed by atoms with Crippen molar-refractivity contribution < 1.29 is 17.9 Å². The summed E-state index contributed by atoms with van der Waals surface area (Å²) in [5.41, 5.74) is -0.633. The van der Waals surface area contributed by atoms with E-state index in [0.29, 0.717) is 25.3 Å². The molecule has 0 bridgehead atoms. The Kier molecular flexibility index (Phi) is 5.46. The summed E-state index contributed by atoms with van der Waals surface area (Å²) in [4.78, 5) is 0. The van der Waals surface area contributed by atoms with Crippen molar-refractivity contribution in [1.29, 1.82) is 0 Å². The first-order chi connectivity index (χ1) is 8.22. The Labute approximate surface area is 107 Å². The maximum absolute atomic E-state index is 12.3. The summed E-state index contributed by atoms with van der Waals surface area (Å²) in [5, 5.41) is 3.21. The fraction of sp³-hybridized carbons (Fsp3) is 1.00. The second-order valence-corrected chi connectivity index (χ2v) is 5.80. The zero-order valence-corrected chi connectivity index (χ0v) is 11.4. The molecule has 5 heteroatoms. The molecule has 1 aliphatic rings. The average molecular weight is 267 g/mol. The van der Waals surface area contributed by atoms with Crippen LogP contribution in [0, 0.1) is 5.92 Å². The molecule has 108 valence electrons. The van der Waals surface area contributed by atoms with Gasteiger partial charge in [0.15, 0.2) is 0 Å². The molecule has 0 heterocycles. The van der Waals surface area contributed by atoms with E-state index in [-0.39, 0.29) is 6.04 Å². The average Bonchev–Trinajstić information content (AvgIpc) is 2.26. The lowest BCUT2D eigenvalue weighted by Crippen LogP contribution is -2.48. The van der Waals surface area contributed by atoms with Gasteiger partial charge in [0.2, 0.25) is 0 Å². The normalized spacial score (nSPS) is 29.8. The molecule has 1 fully saturated rings. The lowest BCUT2D eigenvalue weighted by molar-refractivity contribution is -0.211. The van der Waals surface area contributed by atoms with Gasteiger partial charge in [-0.3, -0.25) is 0 Å². The van der Waals surface area contributed by atoms with E-state index in [0.717, 1.165) is 12.8 Å². The largest absolute Gasteiger partial charge is 0.411 e. The Hall–Kier alpha value is -0.290. The second kappa shape index (κ2) is 6.24. The topological polar surface area (TPSA) is 21.3 Å². The highest BCUT2D eigenvalue weighted by Crippen LogP contribution is 2.35. The predicted molar refractivity (Wildman–Crippen MR) is 65.5 cm³/mol. The minimum atomic E-state index is -4.24. The third-order valence-corrected chi connectivity index (χ3v) is 3.56. The summed E-state index contributed by atoms with van der Waals surface area (Å²) >= 11 is 0. The molecule has 1 saturated carbocycles. The SMILES string of the molecule is CC1CCC(CNC(C)C)(OCC(F)(F)F)CC1. The summed E-state index contributed by atoms with van der Waals surface area (Å²) in [5.74, 6) is 0.590. The highest BCUT2D eigenvalue weighted by molar-refractivity contribution is 4.89. The monoisotopic (exact) mass is 267 g/mol. The predicted octanol–water partition coefficient (Wildman–Crippen LogP) is 3.51. The molecule has 0 aromatic heterocycles. The van der Waals surface area contributed by atoms with Gasteiger partial charge in [0.25, 0.3) is 0 Å². The summed E-state index contributed by atoms with van der Waals surface area (Å²) in [6.07, 6.45) is -0.933. The van der Waals surface area contributed by atoms with Crippen LogP contribution in [0.2, 0.25) is 0 Å². The molecule has 0 spiro atoms. The van der Waals surface area contributed by atoms with Crippen molar-refractivity contribution in [2.45, 2.75) is 64.3 Å². The molecule has 1 rings (SSSR count). The van der Waals surface area contributed by atoms with Crippen LogP contribution in [0.4, 0.5) is 13.2 Å². The van der Waals surface area contributed by atoms with E-state index in [4.69, 9.17) is 4.74 Å². The van der Waals surface area contributed by atoms with Gasteiger partial charge in [-0.1, -0.05) is 20.8 Å². The fourth-order valence-corrected chi connectivity index (χ4v) is 2.29. The molecular formula is C13H24F3NO. The molecule has 0 aromatic rings. The Morgan fingerprint density at radius 2 is 1.83 bits per heavy atom. The van der Waals surface area contributed by atoms with E-state index in [9.17, 15) is 13.2 Å². The summed E-state index contributed by atoms with van der Waals surface area (Å²) < 4.78 is 42.2. The zero-order chi connectivity index (χ0) is 13.8. The van der Waals surface area contributed by atoms with E-state index in [1.54, 1.807) is 0 Å². The van der Waals surface area contributed by atoms with Gasteiger partial charge in [0.1, 0.15) is 6.61 Å². The van der Waals surface area contributed by atoms with Crippen LogP contribution in [-0.2, 0) is 4.74 Å². The molecule has 0 saturated heterocycles. The van der Waals surface area contributed by atoms with Crippen LogP contribution in [0.1, 0.15) is 46.5 Å². The van der Waals surface area contributed by atoms with E-state index in [2.05, 4.69) is 12.2 Å². The standard InChI is InChI=1S/C13H24F3NO/c1-10(2)17-8-12(18-9-13(14,15)16)6-4-11(3)5-7-12/h10-11,17H,4-9H2,1-3H3. The molecule has 2 nitrogen and oxygen atoms in total. The molecule has 0 amide bonds. The lowest BCUT2D eigenvalue weighted by atomic mass is 9.79. The zero-order valence-electron chi connectivity index (χ0n) is 11.4. The molecule has 0 radical (unpaired) electrons. The molecule has 0 atom stereocenters. The van der Waals surface area contributed by atoms with Crippen LogP contribution in [-0.4, -0.2) is 31.0 Å². The van der Waals surface area contributed by atoms with Crippen molar-refractivity contribution in [2.75, 3.05) is 13.2 Å². The minimum Gasteiger partial charge on any atom is -0.364 e. The lowest BCUT2D eigenvalue weighted by Gasteiger charge is -2.40. The summed E-state index contributed by atoms with van der Waals surface area (Å²) in [6, 6.07) is 0.260. The Balaban J connectivity index is 2.56. The molecule has 18 heavy (non-hydrogen) atoms.